The van der Waals surface area contributed by atoms with Crippen molar-refractivity contribution in [1.29, 1.82) is 0 Å². The van der Waals surface area contributed by atoms with Gasteiger partial charge in [-0.1, -0.05) is 12.1 Å². The van der Waals surface area contributed by atoms with E-state index in [4.69, 9.17) is 5.73 Å². The van der Waals surface area contributed by atoms with E-state index in [1.165, 1.54) is 0 Å². The molecule has 0 amide bonds. The van der Waals surface area contributed by atoms with Crippen LogP contribution in [0.25, 0.3) is 0 Å². The van der Waals surface area contributed by atoms with Crippen LogP contribution in [0.2, 0.25) is 0 Å². The van der Waals surface area contributed by atoms with Crippen molar-refractivity contribution in [2.75, 3.05) is 0 Å². The van der Waals surface area contributed by atoms with Crippen LogP contribution in [0.5, 0.6) is 0 Å². The minimum Gasteiger partial charge on any atom is -0.326 e. The Labute approximate surface area is 77.5 Å². The minimum atomic E-state index is 0.0130. The summed E-state index contributed by atoms with van der Waals surface area (Å²) in [7, 11) is 0. The molecule has 2 N–H and O–H groups in total. The molecule has 13 heavy (non-hydrogen) atoms. The summed E-state index contributed by atoms with van der Waals surface area (Å²) in [5.41, 5.74) is 6.45. The van der Waals surface area contributed by atoms with Crippen molar-refractivity contribution < 1.29 is 0 Å². The van der Waals surface area contributed by atoms with Gasteiger partial charge < -0.3 is 10.3 Å². The highest BCUT2D eigenvalue weighted by Gasteiger charge is 1.95. The first-order valence-corrected chi connectivity index (χ1v) is 4.28. The Kier molecular flexibility index (Phi) is 3.46. The summed E-state index contributed by atoms with van der Waals surface area (Å²) in [6.45, 7) is 4.75. The molecule has 1 rings (SSSR count). The fourth-order valence-corrected chi connectivity index (χ4v) is 1.11. The van der Waals surface area contributed by atoms with Gasteiger partial charge >= 0.3 is 0 Å². The lowest BCUT2D eigenvalue weighted by Crippen LogP contribution is -2.19. The molecule has 0 aliphatic rings. The number of rotatable bonds is 4. The maximum absolute atomic E-state index is 11.3. The van der Waals surface area contributed by atoms with E-state index in [1.54, 1.807) is 29.0 Å². The molecular formula is C10H14N2O. The van der Waals surface area contributed by atoms with Crippen LogP contribution in [0.1, 0.15) is 12.0 Å². The van der Waals surface area contributed by atoms with Crippen molar-refractivity contribution in [2.45, 2.75) is 19.5 Å². The molecule has 0 saturated heterocycles. The highest BCUT2D eigenvalue weighted by molar-refractivity contribution is 5.09. The first kappa shape index (κ1) is 9.74. The summed E-state index contributed by atoms with van der Waals surface area (Å²) in [6.07, 6.45) is 4.39. The van der Waals surface area contributed by atoms with Gasteiger partial charge in [0, 0.05) is 25.4 Å². The van der Waals surface area contributed by atoms with Crippen LogP contribution in [-0.2, 0) is 13.1 Å². The lowest BCUT2D eigenvalue weighted by molar-refractivity contribution is 0.675. The Bertz CT molecular complexity index is 341. The second kappa shape index (κ2) is 4.62. The van der Waals surface area contributed by atoms with Crippen LogP contribution < -0.4 is 11.3 Å². The second-order valence-electron chi connectivity index (χ2n) is 2.85. The van der Waals surface area contributed by atoms with Gasteiger partial charge in [-0.25, -0.2) is 0 Å². The smallest absolute Gasteiger partial charge is 0.250 e. The number of hydrogen-bond donors (Lipinski definition) is 1. The van der Waals surface area contributed by atoms with Crippen molar-refractivity contribution in [3.63, 3.8) is 0 Å². The molecule has 0 spiro atoms. The van der Waals surface area contributed by atoms with Gasteiger partial charge in [-0.2, -0.15) is 0 Å². The van der Waals surface area contributed by atoms with Crippen LogP contribution in [0.15, 0.2) is 35.8 Å². The maximum atomic E-state index is 11.3. The largest absolute Gasteiger partial charge is 0.326 e. The summed E-state index contributed by atoms with van der Waals surface area (Å²) in [6, 6.07) is 3.30. The number of nitrogens with zero attached hydrogens (tertiary/aromatic N) is 1. The summed E-state index contributed by atoms with van der Waals surface area (Å²) >= 11 is 0. The fourth-order valence-electron chi connectivity index (χ4n) is 1.11. The van der Waals surface area contributed by atoms with Crippen molar-refractivity contribution in [2.24, 2.45) is 5.73 Å². The molecule has 0 saturated carbocycles. The van der Waals surface area contributed by atoms with Gasteiger partial charge in [0.2, 0.25) is 0 Å². The number of pyridine rings is 1. The van der Waals surface area contributed by atoms with Crippen LogP contribution in [0.3, 0.4) is 0 Å². The lowest BCUT2D eigenvalue weighted by atomic mass is 10.3. The molecule has 3 nitrogen and oxygen atoms in total. The molecule has 0 bridgehead atoms. The van der Waals surface area contributed by atoms with Gasteiger partial charge in [0.05, 0.1) is 0 Å². The molecule has 0 aromatic carbocycles. The minimum absolute atomic E-state index is 0.0130. The first-order valence-electron chi connectivity index (χ1n) is 4.28. The van der Waals surface area contributed by atoms with Crippen molar-refractivity contribution >= 4 is 0 Å². The summed E-state index contributed by atoms with van der Waals surface area (Å²) in [5, 5.41) is 0. The van der Waals surface area contributed by atoms with E-state index in [1.807, 2.05) is 0 Å². The summed E-state index contributed by atoms with van der Waals surface area (Å²) in [5.74, 6) is 0. The molecule has 0 atom stereocenters. The number of nitrogens with two attached hydrogens (primary N) is 1. The predicted molar refractivity (Wildman–Crippen MR) is 53.4 cm³/mol. The van der Waals surface area contributed by atoms with Crippen molar-refractivity contribution in [1.82, 2.24) is 4.57 Å². The Balaban J connectivity index is 2.90. The normalized spacial score (nSPS) is 9.92. The number of aromatic nitrogens is 1. The summed E-state index contributed by atoms with van der Waals surface area (Å²) in [4.78, 5) is 11.3. The zero-order chi connectivity index (χ0) is 9.68. The zero-order valence-electron chi connectivity index (χ0n) is 7.57. The molecule has 0 aliphatic carbocycles. The average Bonchev–Trinajstić information content (AvgIpc) is 2.17. The molecule has 1 aromatic heterocycles. The Hall–Kier alpha value is -1.35. The lowest BCUT2D eigenvalue weighted by Gasteiger charge is -2.04. The Morgan fingerprint density at radius 1 is 1.54 bits per heavy atom. The van der Waals surface area contributed by atoms with Gasteiger partial charge in [-0.3, -0.25) is 4.79 Å². The predicted octanol–water partition coefficient (Wildman–Crippen LogP) is 0.883. The highest BCUT2D eigenvalue weighted by Crippen LogP contribution is 1.95. The Morgan fingerprint density at radius 3 is 2.92 bits per heavy atom. The van der Waals surface area contributed by atoms with E-state index in [0.717, 1.165) is 12.0 Å². The Morgan fingerprint density at radius 2 is 2.31 bits per heavy atom. The third-order valence-electron chi connectivity index (χ3n) is 1.85. The van der Waals surface area contributed by atoms with Crippen LogP contribution in [0.4, 0.5) is 0 Å². The van der Waals surface area contributed by atoms with Gasteiger partial charge in [0.15, 0.2) is 0 Å². The molecule has 0 unspecified atom stereocenters. The SMILES string of the molecule is C=CCCn1cc(CN)ccc1=O. The van der Waals surface area contributed by atoms with E-state index in [9.17, 15) is 4.79 Å². The molecule has 0 aliphatic heterocycles. The van der Waals surface area contributed by atoms with Crippen LogP contribution in [-0.4, -0.2) is 4.57 Å². The number of hydrogen-bond acceptors (Lipinski definition) is 2. The monoisotopic (exact) mass is 178 g/mol. The zero-order valence-corrected chi connectivity index (χ0v) is 7.57. The van der Waals surface area contributed by atoms with Gasteiger partial charge in [-0.15, -0.1) is 6.58 Å². The van der Waals surface area contributed by atoms with E-state index in [2.05, 4.69) is 6.58 Å². The van der Waals surface area contributed by atoms with E-state index in [0.29, 0.717) is 13.1 Å². The summed E-state index contributed by atoms with van der Waals surface area (Å²) < 4.78 is 1.66. The van der Waals surface area contributed by atoms with E-state index >= 15 is 0 Å². The second-order valence-corrected chi connectivity index (χ2v) is 2.85. The molecule has 0 radical (unpaired) electrons. The number of aryl methyl sites for hydroxylation is 1. The molecular weight excluding hydrogens is 164 g/mol. The molecule has 1 heterocycles. The molecule has 0 fully saturated rings. The molecule has 70 valence electrons. The third kappa shape index (κ3) is 2.56. The van der Waals surface area contributed by atoms with Gasteiger partial charge in [-0.05, 0) is 12.0 Å². The molecule has 1 aromatic rings. The highest BCUT2D eigenvalue weighted by atomic mass is 16.1. The fraction of sp³-hybridized carbons (Fsp3) is 0.300. The van der Waals surface area contributed by atoms with E-state index in [-0.39, 0.29) is 5.56 Å². The van der Waals surface area contributed by atoms with Gasteiger partial charge in [0.1, 0.15) is 0 Å². The first-order chi connectivity index (χ1) is 6.27. The van der Waals surface area contributed by atoms with Crippen LogP contribution in [0, 0.1) is 0 Å². The third-order valence-corrected chi connectivity index (χ3v) is 1.85. The van der Waals surface area contributed by atoms with Crippen molar-refractivity contribution in [3.05, 3.63) is 46.9 Å². The van der Waals surface area contributed by atoms with E-state index < -0.39 is 0 Å². The average molecular weight is 178 g/mol. The maximum Gasteiger partial charge on any atom is 0.250 e. The quantitative estimate of drug-likeness (QED) is 0.696. The standard InChI is InChI=1S/C10H14N2O/c1-2-3-6-12-8-9(7-11)4-5-10(12)13/h2,4-5,8H,1,3,6-7,11H2. The molecule has 3 heteroatoms. The number of allylic oxidation sites excluding steroid dienone is 1. The van der Waals surface area contributed by atoms with Crippen molar-refractivity contribution in [3.8, 4) is 0 Å². The van der Waals surface area contributed by atoms with Crippen LogP contribution >= 0.6 is 0 Å². The topological polar surface area (TPSA) is 48.0 Å². The van der Waals surface area contributed by atoms with Gasteiger partial charge in [0.25, 0.3) is 5.56 Å².